The van der Waals surface area contributed by atoms with Crippen LogP contribution < -0.4 is 19.7 Å². The number of likely N-dealkylation sites (N-methyl/N-ethyl adjacent to an activating group) is 1. The van der Waals surface area contributed by atoms with Gasteiger partial charge in [-0.05, 0) is 57.0 Å². The molecule has 2 aromatic rings. The van der Waals surface area contributed by atoms with Gasteiger partial charge in [-0.15, -0.1) is 0 Å². The molecule has 0 aliphatic rings. The van der Waals surface area contributed by atoms with Crippen molar-refractivity contribution in [3.8, 4) is 11.5 Å². The number of nitrogens with one attached hydrogen (secondary N) is 2. The maximum Gasteiger partial charge on any atom is 0.279 e. The molecule has 0 heterocycles. The summed E-state index contributed by atoms with van der Waals surface area (Å²) in [4.78, 5) is 13.6. The number of aryl methyl sites for hydroxylation is 3. The second kappa shape index (κ2) is 9.42. The van der Waals surface area contributed by atoms with Crippen molar-refractivity contribution in [3.05, 3.63) is 52.6 Å². The van der Waals surface area contributed by atoms with E-state index in [1.165, 1.54) is 5.56 Å². The average molecular weight is 372 g/mol. The van der Waals surface area contributed by atoms with E-state index >= 15 is 0 Å². The number of anilines is 1. The average Bonchev–Trinajstić information content (AvgIpc) is 2.59. The summed E-state index contributed by atoms with van der Waals surface area (Å²) in [6, 6.07) is 10.1. The minimum atomic E-state index is 0.0143. The Balaban J connectivity index is 1.99. The van der Waals surface area contributed by atoms with Crippen LogP contribution in [-0.2, 0) is 11.3 Å². The fourth-order valence-corrected chi connectivity index (χ4v) is 3.34. The molecule has 2 aromatic carbocycles. The zero-order valence-electron chi connectivity index (χ0n) is 17.2. The predicted octanol–water partition coefficient (Wildman–Crippen LogP) is 2.67. The van der Waals surface area contributed by atoms with E-state index < -0.39 is 0 Å². The highest BCUT2D eigenvalue weighted by Crippen LogP contribution is 2.27. The van der Waals surface area contributed by atoms with Gasteiger partial charge in [0, 0.05) is 11.3 Å². The summed E-state index contributed by atoms with van der Waals surface area (Å²) >= 11 is 0. The van der Waals surface area contributed by atoms with Crippen molar-refractivity contribution in [3.63, 3.8) is 0 Å². The highest BCUT2D eigenvalue weighted by atomic mass is 16.5. The Bertz CT molecular complexity index is 779. The van der Waals surface area contributed by atoms with Crippen LogP contribution in [0.4, 0.5) is 5.69 Å². The third-order valence-corrected chi connectivity index (χ3v) is 4.44. The number of methoxy groups -OCH3 is 1. The molecule has 2 rings (SSSR count). The van der Waals surface area contributed by atoms with Gasteiger partial charge in [0.2, 0.25) is 0 Å². The van der Waals surface area contributed by atoms with E-state index in [0.29, 0.717) is 13.2 Å². The third kappa shape index (κ3) is 5.73. The van der Waals surface area contributed by atoms with E-state index in [-0.39, 0.29) is 5.91 Å². The van der Waals surface area contributed by atoms with Crippen molar-refractivity contribution in [2.45, 2.75) is 34.2 Å². The summed E-state index contributed by atoms with van der Waals surface area (Å²) in [6.07, 6.45) is 0. The zero-order chi connectivity index (χ0) is 20.0. The lowest BCUT2D eigenvalue weighted by Gasteiger charge is -2.17. The smallest absolute Gasteiger partial charge is 0.279 e. The normalized spacial score (nSPS) is 11.8. The van der Waals surface area contributed by atoms with E-state index in [0.717, 1.165) is 45.3 Å². The fourth-order valence-electron chi connectivity index (χ4n) is 3.34. The van der Waals surface area contributed by atoms with Crippen molar-refractivity contribution in [1.82, 2.24) is 0 Å². The first kappa shape index (κ1) is 20.8. The van der Waals surface area contributed by atoms with Crippen molar-refractivity contribution in [2.24, 2.45) is 0 Å². The number of hydrogen-bond donors (Lipinski definition) is 2. The topological polar surface area (TPSA) is 52.0 Å². The Labute approximate surface area is 162 Å². The molecule has 0 aliphatic carbocycles. The Hall–Kier alpha value is -2.53. The number of ether oxygens (including phenoxy) is 2. The summed E-state index contributed by atoms with van der Waals surface area (Å²) in [7, 11) is 3.65. The van der Waals surface area contributed by atoms with Gasteiger partial charge in [-0.1, -0.05) is 17.7 Å². The lowest BCUT2D eigenvalue weighted by Crippen LogP contribution is -3.08. The molecule has 0 fully saturated rings. The second-order valence-electron chi connectivity index (χ2n) is 7.05. The van der Waals surface area contributed by atoms with Crippen molar-refractivity contribution in [2.75, 3.05) is 32.6 Å². The van der Waals surface area contributed by atoms with E-state index in [9.17, 15) is 4.79 Å². The number of benzene rings is 2. The van der Waals surface area contributed by atoms with E-state index in [1.807, 2.05) is 46.0 Å². The second-order valence-corrected chi connectivity index (χ2v) is 7.05. The van der Waals surface area contributed by atoms with Crippen LogP contribution >= 0.6 is 0 Å². The molecular formula is C22H31N2O3+. The number of carbonyl (C=O) groups is 1. The van der Waals surface area contributed by atoms with Crippen LogP contribution in [0.1, 0.15) is 29.2 Å². The maximum absolute atomic E-state index is 12.5. The van der Waals surface area contributed by atoms with Gasteiger partial charge in [0.25, 0.3) is 5.91 Å². The van der Waals surface area contributed by atoms with E-state index in [4.69, 9.17) is 9.47 Å². The third-order valence-electron chi connectivity index (χ3n) is 4.44. The van der Waals surface area contributed by atoms with Crippen LogP contribution in [0.2, 0.25) is 0 Å². The summed E-state index contributed by atoms with van der Waals surface area (Å²) in [5, 5.41) is 3.07. The summed E-state index contributed by atoms with van der Waals surface area (Å²) in [5.41, 5.74) is 5.41. The highest BCUT2D eigenvalue weighted by Gasteiger charge is 2.14. The van der Waals surface area contributed by atoms with E-state index in [2.05, 4.69) is 24.4 Å². The molecular weight excluding hydrogens is 340 g/mol. The minimum Gasteiger partial charge on any atom is -0.493 e. The van der Waals surface area contributed by atoms with Crippen LogP contribution in [0.3, 0.4) is 0 Å². The standard InChI is InChI=1S/C22H30N2O3/c1-7-27-19-9-8-18(12-20(19)26-6)13-24(5)14-21(25)23-22-16(3)10-15(2)11-17(22)4/h8-12H,7,13-14H2,1-6H3,(H,23,25)/p+1. The first-order valence-corrected chi connectivity index (χ1v) is 9.32. The quantitative estimate of drug-likeness (QED) is 0.750. The fraction of sp³-hybridized carbons (Fsp3) is 0.409. The number of amides is 1. The molecule has 0 radical (unpaired) electrons. The van der Waals surface area contributed by atoms with Crippen LogP contribution in [0.25, 0.3) is 0 Å². The Kier molecular flexibility index (Phi) is 7.25. The molecule has 1 atom stereocenters. The Morgan fingerprint density at radius 2 is 1.74 bits per heavy atom. The minimum absolute atomic E-state index is 0.0143. The number of hydrogen-bond acceptors (Lipinski definition) is 3. The lowest BCUT2D eigenvalue weighted by atomic mass is 10.1. The largest absolute Gasteiger partial charge is 0.493 e. The van der Waals surface area contributed by atoms with Gasteiger partial charge in [-0.3, -0.25) is 4.79 Å². The molecule has 0 aliphatic heterocycles. The molecule has 1 amide bonds. The Morgan fingerprint density at radius 3 is 2.33 bits per heavy atom. The van der Waals surface area contributed by atoms with Crippen molar-refractivity contribution >= 4 is 11.6 Å². The number of carbonyl (C=O) groups excluding carboxylic acids is 1. The summed E-state index contributed by atoms with van der Waals surface area (Å²) < 4.78 is 11.0. The molecule has 2 N–H and O–H groups in total. The van der Waals surface area contributed by atoms with Gasteiger partial charge in [0.1, 0.15) is 6.54 Å². The molecule has 5 nitrogen and oxygen atoms in total. The van der Waals surface area contributed by atoms with Gasteiger partial charge < -0.3 is 19.7 Å². The van der Waals surface area contributed by atoms with Crippen LogP contribution in [0.5, 0.6) is 11.5 Å². The molecule has 0 bridgehead atoms. The molecule has 0 saturated carbocycles. The van der Waals surface area contributed by atoms with Crippen LogP contribution in [0, 0.1) is 20.8 Å². The molecule has 0 saturated heterocycles. The lowest BCUT2D eigenvalue weighted by molar-refractivity contribution is -0.885. The maximum atomic E-state index is 12.5. The molecule has 0 spiro atoms. The summed E-state index contributed by atoms with van der Waals surface area (Å²) in [6.45, 7) is 9.77. The molecule has 0 aromatic heterocycles. The number of rotatable bonds is 8. The SMILES string of the molecule is CCOc1ccc(C[NH+](C)CC(=O)Nc2c(C)cc(C)cc2C)cc1OC. The molecule has 1 unspecified atom stereocenters. The van der Waals surface area contributed by atoms with Gasteiger partial charge >= 0.3 is 0 Å². The van der Waals surface area contributed by atoms with Crippen molar-refractivity contribution < 1.29 is 19.2 Å². The van der Waals surface area contributed by atoms with Gasteiger partial charge in [-0.2, -0.15) is 0 Å². The van der Waals surface area contributed by atoms with Gasteiger partial charge in [-0.25, -0.2) is 0 Å². The highest BCUT2D eigenvalue weighted by molar-refractivity contribution is 5.93. The first-order chi connectivity index (χ1) is 12.8. The summed E-state index contributed by atoms with van der Waals surface area (Å²) in [5.74, 6) is 1.47. The van der Waals surface area contributed by atoms with Gasteiger partial charge in [0.05, 0.1) is 20.8 Å². The Morgan fingerprint density at radius 1 is 1.07 bits per heavy atom. The van der Waals surface area contributed by atoms with Crippen molar-refractivity contribution in [1.29, 1.82) is 0 Å². The van der Waals surface area contributed by atoms with Gasteiger partial charge in [0.15, 0.2) is 18.0 Å². The van der Waals surface area contributed by atoms with Crippen LogP contribution in [-0.4, -0.2) is 33.2 Å². The molecule has 146 valence electrons. The molecule has 27 heavy (non-hydrogen) atoms. The first-order valence-electron chi connectivity index (χ1n) is 9.32. The van der Waals surface area contributed by atoms with E-state index in [1.54, 1.807) is 7.11 Å². The molecule has 5 heteroatoms. The predicted molar refractivity (Wildman–Crippen MR) is 109 cm³/mol. The van der Waals surface area contributed by atoms with Crippen LogP contribution in [0.15, 0.2) is 30.3 Å². The zero-order valence-corrected chi connectivity index (χ0v) is 17.2. The number of quaternary nitrogens is 1. The monoisotopic (exact) mass is 371 g/mol.